The molecule has 0 saturated carbocycles. The Balaban J connectivity index is 1.69. The van der Waals surface area contributed by atoms with E-state index in [-0.39, 0.29) is 23.7 Å². The van der Waals surface area contributed by atoms with E-state index < -0.39 is 22.7 Å². The summed E-state index contributed by atoms with van der Waals surface area (Å²) < 4.78 is 45.3. The van der Waals surface area contributed by atoms with Crippen LogP contribution in [0, 0.1) is 0 Å². The molecule has 2 heterocycles. The minimum Gasteiger partial charge on any atom is -0.481 e. The number of halogens is 4. The monoisotopic (exact) mass is 503 g/mol. The fourth-order valence-corrected chi connectivity index (χ4v) is 4.54. The number of aliphatic carboxylic acids is 1. The summed E-state index contributed by atoms with van der Waals surface area (Å²) in [5, 5.41) is 8.26. The van der Waals surface area contributed by atoms with Crippen LogP contribution in [0.3, 0.4) is 0 Å². The minimum absolute atomic E-state index is 0.0806. The van der Waals surface area contributed by atoms with Crippen LogP contribution in [0.1, 0.15) is 37.0 Å². The number of thioether (sulfide) groups is 1. The van der Waals surface area contributed by atoms with E-state index in [1.807, 2.05) is 0 Å². The largest absolute Gasteiger partial charge is 0.481 e. The summed E-state index contributed by atoms with van der Waals surface area (Å²) in [6.45, 7) is 0.385. The van der Waals surface area contributed by atoms with Gasteiger partial charge in [-0.1, -0.05) is 42.0 Å². The number of rotatable bonds is 8. The van der Waals surface area contributed by atoms with Crippen LogP contribution in [-0.4, -0.2) is 32.7 Å². The normalized spacial score (nSPS) is 15.8. The number of amides is 1. The van der Waals surface area contributed by atoms with Crippen molar-refractivity contribution >= 4 is 57.9 Å². The van der Waals surface area contributed by atoms with Gasteiger partial charge in [0.25, 0.3) is 5.91 Å². The molecule has 1 saturated heterocycles. The third-order valence-electron chi connectivity index (χ3n) is 4.60. The average Bonchev–Trinajstić information content (AvgIpc) is 3.27. The number of furan rings is 1. The van der Waals surface area contributed by atoms with Gasteiger partial charge in [-0.3, -0.25) is 14.5 Å². The van der Waals surface area contributed by atoms with Crippen molar-refractivity contribution in [2.75, 3.05) is 6.54 Å². The molecule has 0 aliphatic carbocycles. The standard InChI is InChI=1S/C21H17ClF3NO4S2/c22-15-7-5-12(10-14(15)21(23,24)25)16-8-6-13(30-16)11-17-19(29)26(20(31)32-17)9-3-1-2-4-18(27)28/h5-8,10-11H,1-4,9H2,(H,27,28). The number of carboxylic acid groups (broad SMARTS) is 1. The van der Waals surface area contributed by atoms with Crippen molar-refractivity contribution in [2.24, 2.45) is 0 Å². The number of hydrogen-bond donors (Lipinski definition) is 1. The molecule has 1 fully saturated rings. The molecule has 0 spiro atoms. The van der Waals surface area contributed by atoms with Gasteiger partial charge in [0.1, 0.15) is 15.8 Å². The molecule has 1 N–H and O–H groups in total. The molecule has 1 aliphatic rings. The summed E-state index contributed by atoms with van der Waals surface area (Å²) in [5.74, 6) is -0.649. The van der Waals surface area contributed by atoms with Crippen molar-refractivity contribution in [1.29, 1.82) is 0 Å². The Hall–Kier alpha value is -2.30. The van der Waals surface area contributed by atoms with Gasteiger partial charge in [0.15, 0.2) is 0 Å². The van der Waals surface area contributed by atoms with Gasteiger partial charge < -0.3 is 9.52 Å². The molecular weight excluding hydrogens is 487 g/mol. The predicted molar refractivity (Wildman–Crippen MR) is 120 cm³/mol. The maximum atomic E-state index is 13.1. The van der Waals surface area contributed by atoms with Gasteiger partial charge in [-0.15, -0.1) is 0 Å². The Labute approximate surface area is 196 Å². The summed E-state index contributed by atoms with van der Waals surface area (Å²) in [6, 6.07) is 6.55. The molecule has 2 aromatic rings. The van der Waals surface area contributed by atoms with Gasteiger partial charge in [-0.25, -0.2) is 0 Å². The Bertz CT molecular complexity index is 1080. The lowest BCUT2D eigenvalue weighted by Crippen LogP contribution is -2.29. The first-order valence-corrected chi connectivity index (χ1v) is 11.1. The number of carbonyl (C=O) groups is 2. The smallest absolute Gasteiger partial charge is 0.417 e. The number of alkyl halides is 3. The van der Waals surface area contributed by atoms with Crippen LogP contribution < -0.4 is 0 Å². The zero-order valence-corrected chi connectivity index (χ0v) is 18.8. The van der Waals surface area contributed by atoms with Crippen LogP contribution in [0.5, 0.6) is 0 Å². The molecule has 170 valence electrons. The number of unbranched alkanes of at least 4 members (excludes halogenated alkanes) is 2. The van der Waals surface area contributed by atoms with Crippen molar-refractivity contribution in [1.82, 2.24) is 4.90 Å². The van der Waals surface area contributed by atoms with Crippen LogP contribution in [0.2, 0.25) is 5.02 Å². The van der Waals surface area contributed by atoms with Gasteiger partial charge in [0.2, 0.25) is 0 Å². The van der Waals surface area contributed by atoms with E-state index in [2.05, 4.69) is 0 Å². The number of benzene rings is 1. The number of hydrogen-bond acceptors (Lipinski definition) is 5. The van der Waals surface area contributed by atoms with E-state index >= 15 is 0 Å². The molecule has 32 heavy (non-hydrogen) atoms. The van der Waals surface area contributed by atoms with Crippen LogP contribution >= 0.6 is 35.6 Å². The lowest BCUT2D eigenvalue weighted by atomic mass is 10.1. The third-order valence-corrected chi connectivity index (χ3v) is 6.31. The Morgan fingerprint density at radius 1 is 1.22 bits per heavy atom. The van der Waals surface area contributed by atoms with Crippen molar-refractivity contribution < 1.29 is 32.3 Å². The van der Waals surface area contributed by atoms with Crippen LogP contribution in [-0.2, 0) is 15.8 Å². The highest BCUT2D eigenvalue weighted by Gasteiger charge is 2.34. The summed E-state index contributed by atoms with van der Waals surface area (Å²) in [5.41, 5.74) is -0.755. The van der Waals surface area contributed by atoms with E-state index in [1.165, 1.54) is 23.1 Å². The Morgan fingerprint density at radius 2 is 1.97 bits per heavy atom. The first-order chi connectivity index (χ1) is 15.1. The second-order valence-corrected chi connectivity index (χ2v) is 9.02. The Kier molecular flexibility index (Phi) is 7.68. The summed E-state index contributed by atoms with van der Waals surface area (Å²) in [6.07, 6.45) is -1.22. The molecule has 0 atom stereocenters. The molecular formula is C21H17ClF3NO4S2. The first kappa shape index (κ1) is 24.3. The van der Waals surface area contributed by atoms with Gasteiger partial charge in [0, 0.05) is 24.6 Å². The van der Waals surface area contributed by atoms with Crippen LogP contribution in [0.25, 0.3) is 17.4 Å². The minimum atomic E-state index is -4.59. The van der Waals surface area contributed by atoms with Crippen LogP contribution in [0.4, 0.5) is 13.2 Å². The van der Waals surface area contributed by atoms with Crippen LogP contribution in [0.15, 0.2) is 39.7 Å². The predicted octanol–water partition coefficient (Wildman–Crippen LogP) is 6.47. The van der Waals surface area contributed by atoms with E-state index in [4.69, 9.17) is 33.3 Å². The molecule has 11 heteroatoms. The fourth-order valence-electron chi connectivity index (χ4n) is 3.03. The van der Waals surface area contributed by atoms with E-state index in [1.54, 1.807) is 6.07 Å². The number of nitrogens with zero attached hydrogens (tertiary/aromatic N) is 1. The molecule has 0 unspecified atom stereocenters. The van der Waals surface area contributed by atoms with E-state index in [0.717, 1.165) is 23.9 Å². The average molecular weight is 504 g/mol. The number of carboxylic acids is 1. The molecule has 1 amide bonds. The highest BCUT2D eigenvalue weighted by atomic mass is 35.5. The van der Waals surface area contributed by atoms with E-state index in [0.29, 0.717) is 40.8 Å². The second-order valence-electron chi connectivity index (χ2n) is 6.93. The molecule has 0 radical (unpaired) electrons. The topological polar surface area (TPSA) is 70.8 Å². The fraction of sp³-hybridized carbons (Fsp3) is 0.286. The van der Waals surface area contributed by atoms with Gasteiger partial charge >= 0.3 is 12.1 Å². The highest BCUT2D eigenvalue weighted by molar-refractivity contribution is 8.26. The van der Waals surface area contributed by atoms with Gasteiger partial charge in [0.05, 0.1) is 15.5 Å². The van der Waals surface area contributed by atoms with Gasteiger partial charge in [-0.2, -0.15) is 13.2 Å². The number of thiocarbonyl (C=S) groups is 1. The van der Waals surface area contributed by atoms with Crippen molar-refractivity contribution in [2.45, 2.75) is 31.9 Å². The second kappa shape index (κ2) is 10.1. The highest BCUT2D eigenvalue weighted by Crippen LogP contribution is 2.38. The maximum absolute atomic E-state index is 13.1. The van der Waals surface area contributed by atoms with Crippen molar-refractivity contribution in [3.63, 3.8) is 0 Å². The zero-order valence-electron chi connectivity index (χ0n) is 16.4. The molecule has 1 aromatic carbocycles. The van der Waals surface area contributed by atoms with Crippen molar-refractivity contribution in [3.05, 3.63) is 51.6 Å². The summed E-state index contributed by atoms with van der Waals surface area (Å²) >= 11 is 12.0. The van der Waals surface area contributed by atoms with Crippen molar-refractivity contribution in [3.8, 4) is 11.3 Å². The first-order valence-electron chi connectivity index (χ1n) is 9.50. The van der Waals surface area contributed by atoms with E-state index in [9.17, 15) is 22.8 Å². The molecule has 1 aliphatic heterocycles. The molecule has 3 rings (SSSR count). The third kappa shape index (κ3) is 5.93. The SMILES string of the molecule is O=C(O)CCCCCN1C(=O)C(=Cc2ccc(-c3ccc(Cl)c(C(F)(F)F)c3)o2)SC1=S. The quantitative estimate of drug-likeness (QED) is 0.253. The zero-order chi connectivity index (χ0) is 23.5. The number of carbonyl (C=O) groups excluding carboxylic acids is 1. The maximum Gasteiger partial charge on any atom is 0.417 e. The Morgan fingerprint density at radius 3 is 2.66 bits per heavy atom. The molecule has 5 nitrogen and oxygen atoms in total. The van der Waals surface area contributed by atoms with Gasteiger partial charge in [-0.05, 0) is 43.2 Å². The molecule has 1 aromatic heterocycles. The lowest BCUT2D eigenvalue weighted by molar-refractivity contribution is -0.138. The summed E-state index contributed by atoms with van der Waals surface area (Å²) in [4.78, 5) is 25.0. The molecule has 0 bridgehead atoms. The summed E-state index contributed by atoms with van der Waals surface area (Å²) in [7, 11) is 0. The lowest BCUT2D eigenvalue weighted by Gasteiger charge is -2.13.